The van der Waals surface area contributed by atoms with Crippen molar-refractivity contribution in [3.05, 3.63) is 131 Å². The molecule has 5 aromatic rings. The smallest absolute Gasteiger partial charge is 0.202 e. The molecule has 0 saturated heterocycles. The number of aryl methyl sites for hydroxylation is 1. The van der Waals surface area contributed by atoms with Crippen molar-refractivity contribution < 1.29 is 4.79 Å². The zero-order valence-electron chi connectivity index (χ0n) is 22.7. The minimum Gasteiger partial charge on any atom is -0.288 e. The third kappa shape index (κ3) is 6.82. The maximum absolute atomic E-state index is 13.0. The van der Waals surface area contributed by atoms with E-state index in [1.807, 2.05) is 35.7 Å². The van der Waals surface area contributed by atoms with Gasteiger partial charge in [-0.15, -0.1) is 11.3 Å². The SMILES string of the molecule is CCCCCCCCc1ccc(-c2ccc(-c3cccc(C(=O)c4cccs4)c3)cc2-c2ccccc2)cc1. The molecule has 1 aromatic heterocycles. The van der Waals surface area contributed by atoms with Crippen LogP contribution in [-0.4, -0.2) is 5.78 Å². The van der Waals surface area contributed by atoms with E-state index >= 15 is 0 Å². The zero-order chi connectivity index (χ0) is 26.9. The normalized spacial score (nSPS) is 11.0. The predicted octanol–water partition coefficient (Wildman–Crippen LogP) is 10.9. The van der Waals surface area contributed by atoms with Crippen molar-refractivity contribution in [1.82, 2.24) is 0 Å². The largest absolute Gasteiger partial charge is 0.288 e. The van der Waals surface area contributed by atoms with Gasteiger partial charge in [-0.05, 0) is 75.4 Å². The molecule has 0 fully saturated rings. The first-order valence-electron chi connectivity index (χ1n) is 14.2. The number of rotatable bonds is 12. The Balaban J connectivity index is 1.41. The first-order valence-corrected chi connectivity index (χ1v) is 15.1. The molecule has 0 aliphatic rings. The molecule has 196 valence electrons. The quantitative estimate of drug-likeness (QED) is 0.116. The van der Waals surface area contributed by atoms with Crippen LogP contribution in [-0.2, 0) is 6.42 Å². The Labute approximate surface area is 237 Å². The van der Waals surface area contributed by atoms with Crippen molar-refractivity contribution in [2.24, 2.45) is 0 Å². The molecule has 5 rings (SSSR count). The van der Waals surface area contributed by atoms with E-state index in [1.54, 1.807) is 0 Å². The fourth-order valence-corrected chi connectivity index (χ4v) is 5.87. The van der Waals surface area contributed by atoms with Crippen LogP contribution in [0.2, 0.25) is 0 Å². The highest BCUT2D eigenvalue weighted by molar-refractivity contribution is 7.12. The monoisotopic (exact) mass is 528 g/mol. The number of ketones is 1. The van der Waals surface area contributed by atoms with Crippen LogP contribution in [0.3, 0.4) is 0 Å². The molecule has 1 nitrogen and oxygen atoms in total. The lowest BCUT2D eigenvalue weighted by atomic mass is 9.90. The van der Waals surface area contributed by atoms with Gasteiger partial charge in [-0.1, -0.05) is 130 Å². The molecule has 0 atom stereocenters. The Morgan fingerprint density at radius 3 is 2.05 bits per heavy atom. The van der Waals surface area contributed by atoms with Gasteiger partial charge in [-0.25, -0.2) is 0 Å². The van der Waals surface area contributed by atoms with Crippen molar-refractivity contribution in [1.29, 1.82) is 0 Å². The summed E-state index contributed by atoms with van der Waals surface area (Å²) in [7, 11) is 0. The fourth-order valence-electron chi connectivity index (χ4n) is 5.18. The lowest BCUT2D eigenvalue weighted by molar-refractivity contribution is 0.104. The summed E-state index contributed by atoms with van der Waals surface area (Å²) < 4.78 is 0. The first kappa shape index (κ1) is 26.8. The number of thiophene rings is 1. The van der Waals surface area contributed by atoms with Crippen LogP contribution in [0.15, 0.2) is 115 Å². The van der Waals surface area contributed by atoms with Gasteiger partial charge in [0.25, 0.3) is 0 Å². The topological polar surface area (TPSA) is 17.1 Å². The van der Waals surface area contributed by atoms with Crippen molar-refractivity contribution >= 4 is 17.1 Å². The van der Waals surface area contributed by atoms with E-state index in [-0.39, 0.29) is 5.78 Å². The Kier molecular flexibility index (Phi) is 9.19. The summed E-state index contributed by atoms with van der Waals surface area (Å²) in [6.45, 7) is 2.27. The second-order valence-corrected chi connectivity index (χ2v) is 11.2. The molecule has 0 aliphatic carbocycles. The van der Waals surface area contributed by atoms with Gasteiger partial charge in [-0.3, -0.25) is 4.79 Å². The van der Waals surface area contributed by atoms with Gasteiger partial charge in [0.05, 0.1) is 4.88 Å². The first-order chi connectivity index (χ1) is 19.2. The number of benzene rings is 4. The molecule has 0 radical (unpaired) electrons. The van der Waals surface area contributed by atoms with Crippen molar-refractivity contribution in [2.45, 2.75) is 51.9 Å². The molecular weight excluding hydrogens is 492 g/mol. The van der Waals surface area contributed by atoms with Crippen LogP contribution in [0.5, 0.6) is 0 Å². The van der Waals surface area contributed by atoms with Crippen LogP contribution in [0.25, 0.3) is 33.4 Å². The minimum atomic E-state index is 0.0767. The molecular formula is C37H36OS. The summed E-state index contributed by atoms with van der Waals surface area (Å²) in [6.07, 6.45) is 9.11. The summed E-state index contributed by atoms with van der Waals surface area (Å²) in [5.74, 6) is 0.0767. The molecule has 0 saturated carbocycles. The molecule has 0 bridgehead atoms. The molecule has 0 unspecified atom stereocenters. The fraction of sp³-hybridized carbons (Fsp3) is 0.216. The van der Waals surface area contributed by atoms with Crippen LogP contribution in [0.1, 0.15) is 66.2 Å². The maximum Gasteiger partial charge on any atom is 0.202 e. The van der Waals surface area contributed by atoms with Crippen molar-refractivity contribution in [3.8, 4) is 33.4 Å². The standard InChI is InChI=1S/C37H36OS/c1-2-3-4-5-6-8-13-28-19-21-30(22-20-28)34-24-23-32(27-35(34)29-14-9-7-10-15-29)31-16-11-17-33(26-31)37(38)36-18-12-25-39-36/h7,9-12,14-27H,2-6,8,13H2,1H3. The molecule has 0 N–H and O–H groups in total. The molecule has 2 heteroatoms. The lowest BCUT2D eigenvalue weighted by Gasteiger charge is -2.14. The second-order valence-electron chi connectivity index (χ2n) is 10.2. The van der Waals surface area contributed by atoms with E-state index in [0.29, 0.717) is 0 Å². The van der Waals surface area contributed by atoms with E-state index in [4.69, 9.17) is 0 Å². The van der Waals surface area contributed by atoms with Gasteiger partial charge in [-0.2, -0.15) is 0 Å². The van der Waals surface area contributed by atoms with E-state index < -0.39 is 0 Å². The summed E-state index contributed by atoms with van der Waals surface area (Å²) in [6, 6.07) is 38.2. The highest BCUT2D eigenvalue weighted by Crippen LogP contribution is 2.36. The maximum atomic E-state index is 13.0. The number of carbonyl (C=O) groups is 1. The van der Waals surface area contributed by atoms with Crippen molar-refractivity contribution in [3.63, 3.8) is 0 Å². The van der Waals surface area contributed by atoms with Gasteiger partial charge in [0.2, 0.25) is 5.78 Å². The summed E-state index contributed by atoms with van der Waals surface area (Å²) >= 11 is 1.49. The van der Waals surface area contributed by atoms with Gasteiger partial charge >= 0.3 is 0 Å². The number of unbranched alkanes of at least 4 members (excludes halogenated alkanes) is 5. The number of hydrogen-bond donors (Lipinski definition) is 0. The Hall–Kier alpha value is -3.75. The van der Waals surface area contributed by atoms with Gasteiger partial charge in [0.1, 0.15) is 0 Å². The van der Waals surface area contributed by atoms with Gasteiger partial charge < -0.3 is 0 Å². The summed E-state index contributed by atoms with van der Waals surface area (Å²) in [5, 5.41) is 1.95. The van der Waals surface area contributed by atoms with Gasteiger partial charge in [0.15, 0.2) is 0 Å². The van der Waals surface area contributed by atoms with Crippen LogP contribution >= 0.6 is 11.3 Å². The summed E-state index contributed by atoms with van der Waals surface area (Å²) in [5.41, 5.74) is 9.15. The molecule has 39 heavy (non-hydrogen) atoms. The predicted molar refractivity (Wildman–Crippen MR) is 168 cm³/mol. The molecule has 0 aliphatic heterocycles. The van der Waals surface area contributed by atoms with E-state index in [9.17, 15) is 4.79 Å². The molecule has 0 spiro atoms. The number of carbonyl (C=O) groups excluding carboxylic acids is 1. The van der Waals surface area contributed by atoms with Crippen molar-refractivity contribution in [2.75, 3.05) is 0 Å². The Morgan fingerprint density at radius 2 is 1.28 bits per heavy atom. The highest BCUT2D eigenvalue weighted by Gasteiger charge is 2.13. The average molecular weight is 529 g/mol. The minimum absolute atomic E-state index is 0.0767. The van der Waals surface area contributed by atoms with E-state index in [1.165, 1.54) is 77.7 Å². The third-order valence-corrected chi connectivity index (χ3v) is 8.26. The third-order valence-electron chi connectivity index (χ3n) is 7.39. The van der Waals surface area contributed by atoms with E-state index in [0.717, 1.165) is 28.0 Å². The zero-order valence-corrected chi connectivity index (χ0v) is 23.6. The van der Waals surface area contributed by atoms with Crippen LogP contribution in [0.4, 0.5) is 0 Å². The molecule has 4 aromatic carbocycles. The number of hydrogen-bond acceptors (Lipinski definition) is 2. The second kappa shape index (κ2) is 13.4. The Morgan fingerprint density at radius 1 is 0.590 bits per heavy atom. The Bertz CT molecular complexity index is 1480. The lowest BCUT2D eigenvalue weighted by Crippen LogP contribution is -1.98. The average Bonchev–Trinajstić information content (AvgIpc) is 3.54. The van der Waals surface area contributed by atoms with Gasteiger partial charge in [0, 0.05) is 5.56 Å². The van der Waals surface area contributed by atoms with E-state index in [2.05, 4.69) is 85.8 Å². The molecule has 0 amide bonds. The summed E-state index contributed by atoms with van der Waals surface area (Å²) in [4.78, 5) is 13.8. The van der Waals surface area contributed by atoms with Crippen LogP contribution in [0, 0.1) is 0 Å². The highest BCUT2D eigenvalue weighted by atomic mass is 32.1. The van der Waals surface area contributed by atoms with Crippen LogP contribution < -0.4 is 0 Å². The molecule has 1 heterocycles.